The number of hydrogen-bond acceptors (Lipinski definition) is 3. The van der Waals surface area contributed by atoms with Crippen LogP contribution in [0.1, 0.15) is 157 Å². The van der Waals surface area contributed by atoms with Gasteiger partial charge in [0.1, 0.15) is 0 Å². The number of rotatable bonds is 25. The topological polar surface area (TPSA) is 27.7 Å². The van der Waals surface area contributed by atoms with Crippen LogP contribution in [0, 0.1) is 5.41 Å². The molecule has 3 heteroatoms. The molecular formula is C29H60O3. The first kappa shape index (κ1) is 31.9. The molecular weight excluding hydrogens is 396 g/mol. The van der Waals surface area contributed by atoms with E-state index in [0.29, 0.717) is 19.8 Å². The van der Waals surface area contributed by atoms with Crippen molar-refractivity contribution in [2.24, 2.45) is 5.41 Å². The molecule has 0 N–H and O–H groups in total. The highest BCUT2D eigenvalue weighted by molar-refractivity contribution is 4.89. The van der Waals surface area contributed by atoms with Gasteiger partial charge in [0.15, 0.2) is 0 Å². The molecule has 0 aliphatic rings. The Kier molecular flexibility index (Phi) is 21.3. The molecule has 1 atom stereocenters. The fourth-order valence-corrected chi connectivity index (χ4v) is 5.31. The normalized spacial score (nSPS) is 14.1. The molecule has 0 bridgehead atoms. The summed E-state index contributed by atoms with van der Waals surface area (Å²) in [5.41, 5.74) is -0.0588. The van der Waals surface area contributed by atoms with Gasteiger partial charge in [-0.05, 0) is 40.0 Å². The van der Waals surface area contributed by atoms with Gasteiger partial charge in [-0.2, -0.15) is 0 Å². The third kappa shape index (κ3) is 12.4. The van der Waals surface area contributed by atoms with Crippen LogP contribution in [0.5, 0.6) is 0 Å². The van der Waals surface area contributed by atoms with Crippen LogP contribution in [0.4, 0.5) is 0 Å². The predicted molar refractivity (Wildman–Crippen MR) is 140 cm³/mol. The Morgan fingerprint density at radius 3 is 1.03 bits per heavy atom. The standard InChI is InChI=1S/C29H60O3/c1-7-13-15-17-19-20-22-24-27-28(25-9-3,26-23-21-18-16-14-8-2)29(30-10-4,31-11-5)32-12-6/h7-27H2,1-6H3. The van der Waals surface area contributed by atoms with Crippen molar-refractivity contribution < 1.29 is 14.2 Å². The SMILES string of the molecule is CCCCCCCCCCC(CCC)(CCCCCCCC)C(OCC)(OCC)OCC. The largest absolute Gasteiger partial charge is 0.327 e. The van der Waals surface area contributed by atoms with Crippen molar-refractivity contribution in [3.63, 3.8) is 0 Å². The van der Waals surface area contributed by atoms with Crippen LogP contribution in [-0.4, -0.2) is 25.8 Å². The van der Waals surface area contributed by atoms with Crippen LogP contribution < -0.4 is 0 Å². The molecule has 32 heavy (non-hydrogen) atoms. The van der Waals surface area contributed by atoms with Crippen LogP contribution in [0.2, 0.25) is 0 Å². The summed E-state index contributed by atoms with van der Waals surface area (Å²) in [4.78, 5) is 0. The third-order valence-electron chi connectivity index (χ3n) is 6.90. The van der Waals surface area contributed by atoms with Gasteiger partial charge in [-0.15, -0.1) is 0 Å². The van der Waals surface area contributed by atoms with Crippen LogP contribution in [0.25, 0.3) is 0 Å². The zero-order valence-corrected chi connectivity index (χ0v) is 23.1. The van der Waals surface area contributed by atoms with Gasteiger partial charge in [0, 0.05) is 19.8 Å². The molecule has 0 aromatic carbocycles. The Balaban J connectivity index is 5.28. The molecule has 0 radical (unpaired) electrons. The van der Waals surface area contributed by atoms with E-state index in [1.807, 2.05) is 0 Å². The van der Waals surface area contributed by atoms with Crippen molar-refractivity contribution in [2.45, 2.75) is 163 Å². The molecule has 0 rings (SSSR count). The molecule has 0 aliphatic heterocycles. The minimum Gasteiger partial charge on any atom is -0.327 e. The highest BCUT2D eigenvalue weighted by atomic mass is 16.9. The summed E-state index contributed by atoms with van der Waals surface area (Å²) in [6.45, 7) is 15.0. The lowest BCUT2D eigenvalue weighted by Gasteiger charge is -2.49. The second kappa shape index (κ2) is 21.4. The van der Waals surface area contributed by atoms with Crippen molar-refractivity contribution >= 4 is 0 Å². The molecule has 1 unspecified atom stereocenters. The van der Waals surface area contributed by atoms with Gasteiger partial charge in [-0.25, -0.2) is 0 Å². The zero-order valence-electron chi connectivity index (χ0n) is 23.1. The zero-order chi connectivity index (χ0) is 24.0. The Morgan fingerprint density at radius 1 is 0.375 bits per heavy atom. The maximum Gasteiger partial charge on any atom is 0.288 e. The van der Waals surface area contributed by atoms with E-state index in [9.17, 15) is 0 Å². The third-order valence-corrected chi connectivity index (χ3v) is 6.90. The molecule has 0 saturated carbocycles. The van der Waals surface area contributed by atoms with E-state index in [2.05, 4.69) is 41.5 Å². The number of hydrogen-bond donors (Lipinski definition) is 0. The van der Waals surface area contributed by atoms with Gasteiger partial charge in [0.05, 0.1) is 5.41 Å². The first-order valence-electron chi connectivity index (χ1n) is 14.5. The average Bonchev–Trinajstić information content (AvgIpc) is 2.78. The Bertz CT molecular complexity index is 368. The maximum atomic E-state index is 6.40. The minimum absolute atomic E-state index is 0.0588. The quantitative estimate of drug-likeness (QED) is 0.101. The van der Waals surface area contributed by atoms with Crippen LogP contribution >= 0.6 is 0 Å². The van der Waals surface area contributed by atoms with Gasteiger partial charge >= 0.3 is 0 Å². The first-order valence-corrected chi connectivity index (χ1v) is 14.5. The average molecular weight is 457 g/mol. The predicted octanol–water partition coefficient (Wildman–Crippen LogP) is 9.82. The van der Waals surface area contributed by atoms with Crippen molar-refractivity contribution in [2.75, 3.05) is 19.8 Å². The summed E-state index contributed by atoms with van der Waals surface area (Å²) >= 11 is 0. The summed E-state index contributed by atoms with van der Waals surface area (Å²) in [7, 11) is 0. The van der Waals surface area contributed by atoms with Crippen molar-refractivity contribution in [1.29, 1.82) is 0 Å². The van der Waals surface area contributed by atoms with Gasteiger partial charge in [0.2, 0.25) is 0 Å². The van der Waals surface area contributed by atoms with Crippen LogP contribution in [-0.2, 0) is 14.2 Å². The Hall–Kier alpha value is -0.120. The van der Waals surface area contributed by atoms with Gasteiger partial charge in [-0.1, -0.05) is 117 Å². The van der Waals surface area contributed by atoms with Crippen LogP contribution in [0.3, 0.4) is 0 Å². The highest BCUT2D eigenvalue weighted by Crippen LogP contribution is 2.49. The smallest absolute Gasteiger partial charge is 0.288 e. The lowest BCUT2D eigenvalue weighted by molar-refractivity contribution is -0.432. The summed E-state index contributed by atoms with van der Waals surface area (Å²) < 4.78 is 19.2. The monoisotopic (exact) mass is 456 g/mol. The lowest BCUT2D eigenvalue weighted by atomic mass is 9.71. The van der Waals surface area contributed by atoms with Gasteiger partial charge in [-0.3, -0.25) is 0 Å². The molecule has 0 saturated heterocycles. The molecule has 0 spiro atoms. The summed E-state index contributed by atoms with van der Waals surface area (Å²) in [6.07, 6.45) is 23.3. The van der Waals surface area contributed by atoms with Crippen molar-refractivity contribution in [3.05, 3.63) is 0 Å². The highest BCUT2D eigenvalue weighted by Gasteiger charge is 2.53. The molecule has 0 amide bonds. The first-order chi connectivity index (χ1) is 15.6. The molecule has 0 fully saturated rings. The maximum absolute atomic E-state index is 6.40. The second-order valence-corrected chi connectivity index (χ2v) is 9.63. The molecule has 0 aliphatic carbocycles. The van der Waals surface area contributed by atoms with E-state index in [0.717, 1.165) is 25.7 Å². The van der Waals surface area contributed by atoms with E-state index in [1.165, 1.54) is 89.9 Å². The summed E-state index contributed by atoms with van der Waals surface area (Å²) in [5.74, 6) is -0.897. The minimum atomic E-state index is -0.897. The Morgan fingerprint density at radius 2 is 0.719 bits per heavy atom. The summed E-state index contributed by atoms with van der Waals surface area (Å²) in [6, 6.07) is 0. The van der Waals surface area contributed by atoms with Gasteiger partial charge in [0.25, 0.3) is 5.97 Å². The lowest BCUT2D eigenvalue weighted by Crippen LogP contribution is -2.55. The van der Waals surface area contributed by atoms with Crippen molar-refractivity contribution in [3.8, 4) is 0 Å². The van der Waals surface area contributed by atoms with Gasteiger partial charge < -0.3 is 14.2 Å². The van der Waals surface area contributed by atoms with Crippen molar-refractivity contribution in [1.82, 2.24) is 0 Å². The molecule has 0 aromatic heterocycles. The fourth-order valence-electron chi connectivity index (χ4n) is 5.31. The molecule has 0 aromatic rings. The van der Waals surface area contributed by atoms with E-state index in [1.54, 1.807) is 0 Å². The summed E-state index contributed by atoms with van der Waals surface area (Å²) in [5, 5.41) is 0. The number of unbranched alkanes of at least 4 members (excludes halogenated alkanes) is 12. The molecule has 0 heterocycles. The van der Waals surface area contributed by atoms with E-state index < -0.39 is 5.97 Å². The number of ether oxygens (including phenoxy) is 3. The Labute approximate surface area is 202 Å². The van der Waals surface area contributed by atoms with E-state index in [4.69, 9.17) is 14.2 Å². The fraction of sp³-hybridized carbons (Fsp3) is 1.00. The second-order valence-electron chi connectivity index (χ2n) is 9.63. The molecule has 3 nitrogen and oxygen atoms in total. The molecule has 194 valence electrons. The van der Waals surface area contributed by atoms with Crippen LogP contribution in [0.15, 0.2) is 0 Å². The van der Waals surface area contributed by atoms with E-state index in [-0.39, 0.29) is 5.41 Å². The van der Waals surface area contributed by atoms with E-state index >= 15 is 0 Å².